The molecule has 0 saturated heterocycles. The molecular formula is C17H24O3. The zero-order valence-electron chi connectivity index (χ0n) is 12.6. The van der Waals surface area contributed by atoms with Gasteiger partial charge in [-0.05, 0) is 35.6 Å². The number of hydrogen-bond donors (Lipinski definition) is 1. The number of carbonyl (C=O) groups is 1. The summed E-state index contributed by atoms with van der Waals surface area (Å²) in [7, 11) is 0. The summed E-state index contributed by atoms with van der Waals surface area (Å²) in [4.78, 5) is 10.7. The Balaban J connectivity index is 2.77. The first kappa shape index (κ1) is 16.3. The van der Waals surface area contributed by atoms with Crippen LogP contribution in [0.15, 0.2) is 30.3 Å². The first-order chi connectivity index (χ1) is 9.52. The van der Waals surface area contributed by atoms with Crippen molar-refractivity contribution in [1.82, 2.24) is 0 Å². The summed E-state index contributed by atoms with van der Waals surface area (Å²) in [6, 6.07) is 7.89. The van der Waals surface area contributed by atoms with Crippen molar-refractivity contribution >= 4 is 11.5 Å². The number of hydrogen-bond acceptors (Lipinski definition) is 2. The van der Waals surface area contributed by atoms with Crippen molar-refractivity contribution in [3.8, 4) is 5.75 Å². The van der Waals surface area contributed by atoms with Crippen molar-refractivity contribution in [2.24, 2.45) is 5.92 Å². The molecule has 3 heteroatoms. The van der Waals surface area contributed by atoms with Gasteiger partial charge in [0.25, 0.3) is 0 Å². The van der Waals surface area contributed by atoms with E-state index in [-0.39, 0.29) is 6.42 Å². The molecule has 20 heavy (non-hydrogen) atoms. The molecule has 110 valence electrons. The van der Waals surface area contributed by atoms with Crippen molar-refractivity contribution in [2.75, 3.05) is 6.61 Å². The molecule has 0 aliphatic heterocycles. The van der Waals surface area contributed by atoms with Gasteiger partial charge in [0, 0.05) is 0 Å². The second-order valence-electron chi connectivity index (χ2n) is 5.31. The van der Waals surface area contributed by atoms with E-state index in [4.69, 9.17) is 9.84 Å². The van der Waals surface area contributed by atoms with Gasteiger partial charge in [0.15, 0.2) is 0 Å². The maximum atomic E-state index is 10.7. The minimum atomic E-state index is -0.796. The van der Waals surface area contributed by atoms with Crippen molar-refractivity contribution in [3.05, 3.63) is 35.9 Å². The molecule has 0 heterocycles. The van der Waals surface area contributed by atoms with Crippen molar-refractivity contribution in [3.63, 3.8) is 0 Å². The lowest BCUT2D eigenvalue weighted by Crippen LogP contribution is -2.04. The third-order valence-electron chi connectivity index (χ3n) is 2.85. The van der Waals surface area contributed by atoms with Crippen LogP contribution in [-0.4, -0.2) is 17.7 Å². The van der Waals surface area contributed by atoms with Crippen LogP contribution >= 0.6 is 0 Å². The molecule has 1 aromatic rings. The molecule has 0 aliphatic carbocycles. The quantitative estimate of drug-likeness (QED) is 0.766. The Labute approximate surface area is 121 Å². The number of carboxylic acids is 1. The van der Waals surface area contributed by atoms with Gasteiger partial charge in [0.1, 0.15) is 5.75 Å². The molecule has 0 aliphatic rings. The standard InChI is InChI=1S/C17H24O3/c1-4-5-14(8-11-17(18)19)15-6-9-16(10-7-15)20-12-13(2)3/h6-10,13H,4-5,11-12H2,1-3H3,(H,18,19)/b14-8+. The highest BCUT2D eigenvalue weighted by molar-refractivity contribution is 5.74. The van der Waals surface area contributed by atoms with E-state index in [0.29, 0.717) is 12.5 Å². The Kier molecular flexibility index (Phi) is 6.85. The molecule has 0 spiro atoms. The molecule has 0 aromatic heterocycles. The first-order valence-corrected chi connectivity index (χ1v) is 7.17. The van der Waals surface area contributed by atoms with Gasteiger partial charge in [-0.25, -0.2) is 0 Å². The maximum absolute atomic E-state index is 10.7. The lowest BCUT2D eigenvalue weighted by atomic mass is 10.00. The van der Waals surface area contributed by atoms with E-state index in [0.717, 1.165) is 29.7 Å². The molecule has 0 radical (unpaired) electrons. The largest absolute Gasteiger partial charge is 0.493 e. The Morgan fingerprint density at radius 1 is 1.30 bits per heavy atom. The Morgan fingerprint density at radius 2 is 1.95 bits per heavy atom. The highest BCUT2D eigenvalue weighted by Crippen LogP contribution is 2.23. The monoisotopic (exact) mass is 276 g/mol. The molecule has 0 amide bonds. The van der Waals surface area contributed by atoms with Crippen LogP contribution in [0.4, 0.5) is 0 Å². The zero-order chi connectivity index (χ0) is 15.0. The minimum absolute atomic E-state index is 0.0704. The molecule has 0 atom stereocenters. The average molecular weight is 276 g/mol. The lowest BCUT2D eigenvalue weighted by molar-refractivity contribution is -0.135. The van der Waals surface area contributed by atoms with E-state index in [1.165, 1.54) is 0 Å². The van der Waals surface area contributed by atoms with Gasteiger partial charge in [-0.3, -0.25) is 4.79 Å². The van der Waals surface area contributed by atoms with Gasteiger partial charge < -0.3 is 9.84 Å². The summed E-state index contributed by atoms with van der Waals surface area (Å²) < 4.78 is 5.65. The fraction of sp³-hybridized carbons (Fsp3) is 0.471. The molecule has 3 nitrogen and oxygen atoms in total. The van der Waals surface area contributed by atoms with Gasteiger partial charge in [0.2, 0.25) is 0 Å². The third-order valence-corrected chi connectivity index (χ3v) is 2.85. The number of allylic oxidation sites excluding steroid dienone is 1. The summed E-state index contributed by atoms with van der Waals surface area (Å²) in [5.41, 5.74) is 2.16. The SMILES string of the molecule is CCC/C(=C\CC(=O)O)c1ccc(OCC(C)C)cc1. The zero-order valence-corrected chi connectivity index (χ0v) is 12.6. The van der Waals surface area contributed by atoms with Crippen molar-refractivity contribution in [1.29, 1.82) is 0 Å². The number of carboxylic acid groups (broad SMARTS) is 1. The van der Waals surface area contributed by atoms with Gasteiger partial charge in [0.05, 0.1) is 13.0 Å². The number of ether oxygens (including phenoxy) is 1. The van der Waals surface area contributed by atoms with Crippen LogP contribution in [0.1, 0.15) is 45.6 Å². The van der Waals surface area contributed by atoms with Crippen LogP contribution in [0.3, 0.4) is 0 Å². The Bertz CT molecular complexity index is 444. The second-order valence-corrected chi connectivity index (χ2v) is 5.31. The van der Waals surface area contributed by atoms with E-state index >= 15 is 0 Å². The predicted molar refractivity (Wildman–Crippen MR) is 81.9 cm³/mol. The lowest BCUT2D eigenvalue weighted by Gasteiger charge is -2.10. The summed E-state index contributed by atoms with van der Waals surface area (Å²) in [5.74, 6) is 0.563. The van der Waals surface area contributed by atoms with Gasteiger partial charge in [-0.2, -0.15) is 0 Å². The second kappa shape index (κ2) is 8.41. The van der Waals surface area contributed by atoms with Gasteiger partial charge in [-0.15, -0.1) is 0 Å². The van der Waals surface area contributed by atoms with Crippen molar-refractivity contribution in [2.45, 2.75) is 40.0 Å². The molecular weight excluding hydrogens is 252 g/mol. The van der Waals surface area contributed by atoms with E-state index in [1.54, 1.807) is 6.08 Å². The summed E-state index contributed by atoms with van der Waals surface area (Å²) in [6.07, 6.45) is 3.76. The topological polar surface area (TPSA) is 46.5 Å². The first-order valence-electron chi connectivity index (χ1n) is 7.17. The summed E-state index contributed by atoms with van der Waals surface area (Å²) >= 11 is 0. The van der Waals surface area contributed by atoms with Gasteiger partial charge in [-0.1, -0.05) is 45.4 Å². The van der Waals surface area contributed by atoms with E-state index in [2.05, 4.69) is 20.8 Å². The molecule has 0 bridgehead atoms. The highest BCUT2D eigenvalue weighted by Gasteiger charge is 2.04. The van der Waals surface area contributed by atoms with Crippen LogP contribution in [0.25, 0.3) is 5.57 Å². The average Bonchev–Trinajstić information content (AvgIpc) is 2.41. The van der Waals surface area contributed by atoms with E-state index in [1.807, 2.05) is 24.3 Å². The number of rotatable bonds is 8. The van der Waals surface area contributed by atoms with E-state index in [9.17, 15) is 4.79 Å². The number of aliphatic carboxylic acids is 1. The molecule has 1 N–H and O–H groups in total. The predicted octanol–water partition coefficient (Wildman–Crippen LogP) is 4.38. The van der Waals surface area contributed by atoms with Crippen LogP contribution in [0.2, 0.25) is 0 Å². The van der Waals surface area contributed by atoms with Crippen molar-refractivity contribution < 1.29 is 14.6 Å². The number of benzene rings is 1. The van der Waals surface area contributed by atoms with Crippen LogP contribution in [0, 0.1) is 5.92 Å². The van der Waals surface area contributed by atoms with E-state index < -0.39 is 5.97 Å². The molecule has 0 unspecified atom stereocenters. The third kappa shape index (κ3) is 5.91. The van der Waals surface area contributed by atoms with Gasteiger partial charge >= 0.3 is 5.97 Å². The maximum Gasteiger partial charge on any atom is 0.307 e. The smallest absolute Gasteiger partial charge is 0.307 e. The molecule has 1 aromatic carbocycles. The molecule has 0 saturated carbocycles. The molecule has 1 rings (SSSR count). The fourth-order valence-electron chi connectivity index (χ4n) is 1.87. The summed E-state index contributed by atoms with van der Waals surface area (Å²) in [5, 5.41) is 8.78. The Hall–Kier alpha value is -1.77. The highest BCUT2D eigenvalue weighted by atomic mass is 16.5. The Morgan fingerprint density at radius 3 is 2.45 bits per heavy atom. The fourth-order valence-corrected chi connectivity index (χ4v) is 1.87. The molecule has 0 fully saturated rings. The van der Waals surface area contributed by atoms with Crippen LogP contribution < -0.4 is 4.74 Å². The normalized spacial score (nSPS) is 11.7. The summed E-state index contributed by atoms with van der Waals surface area (Å²) in [6.45, 7) is 7.02. The van der Waals surface area contributed by atoms with Crippen LogP contribution in [-0.2, 0) is 4.79 Å². The van der Waals surface area contributed by atoms with Crippen LogP contribution in [0.5, 0.6) is 5.75 Å². The minimum Gasteiger partial charge on any atom is -0.493 e.